The van der Waals surface area contributed by atoms with Gasteiger partial charge in [0.2, 0.25) is 0 Å². The van der Waals surface area contributed by atoms with Crippen LogP contribution >= 0.6 is 27.5 Å². The number of benzene rings is 2. The van der Waals surface area contributed by atoms with Crippen molar-refractivity contribution in [2.45, 2.75) is 6.54 Å². The minimum Gasteiger partial charge on any atom is -0.343 e. The van der Waals surface area contributed by atoms with Crippen molar-refractivity contribution in [3.8, 4) is 0 Å². The maximum atomic E-state index is 10.7. The average molecular weight is 366 g/mol. The molecular formula is C15H10BrClN2O2. The Kier molecular flexibility index (Phi) is 3.69. The first-order valence-electron chi connectivity index (χ1n) is 6.22. The maximum absolute atomic E-state index is 10.7. The molecule has 2 aromatic carbocycles. The van der Waals surface area contributed by atoms with Crippen LogP contribution in [0, 0.1) is 10.1 Å². The molecule has 1 heterocycles. The maximum Gasteiger partial charge on any atom is 0.270 e. The number of nitro groups is 1. The molecule has 0 N–H and O–H groups in total. The molecule has 4 nitrogen and oxygen atoms in total. The number of nitrogens with zero attached hydrogens (tertiary/aromatic N) is 2. The molecule has 106 valence electrons. The van der Waals surface area contributed by atoms with Gasteiger partial charge >= 0.3 is 0 Å². The van der Waals surface area contributed by atoms with Crippen LogP contribution in [-0.4, -0.2) is 9.49 Å². The van der Waals surface area contributed by atoms with Crippen molar-refractivity contribution in [2.24, 2.45) is 0 Å². The van der Waals surface area contributed by atoms with Crippen molar-refractivity contribution in [1.29, 1.82) is 0 Å². The van der Waals surface area contributed by atoms with Crippen molar-refractivity contribution in [2.75, 3.05) is 0 Å². The SMILES string of the molecule is O=[N+]([O-])c1ccc(Cn2ccc3cc(Br)ccc32)c(Cl)c1. The average Bonchev–Trinajstić information content (AvgIpc) is 2.83. The number of halogens is 2. The highest BCUT2D eigenvalue weighted by Crippen LogP contribution is 2.26. The quantitative estimate of drug-likeness (QED) is 0.483. The Labute approximate surface area is 134 Å². The van der Waals surface area contributed by atoms with Gasteiger partial charge in [0.25, 0.3) is 5.69 Å². The largest absolute Gasteiger partial charge is 0.343 e. The van der Waals surface area contributed by atoms with Gasteiger partial charge in [0.15, 0.2) is 0 Å². The summed E-state index contributed by atoms with van der Waals surface area (Å²) in [7, 11) is 0. The monoisotopic (exact) mass is 364 g/mol. The summed E-state index contributed by atoms with van der Waals surface area (Å²) >= 11 is 9.59. The molecule has 0 aliphatic rings. The molecule has 0 atom stereocenters. The second-order valence-corrected chi connectivity index (χ2v) is 6.00. The van der Waals surface area contributed by atoms with Gasteiger partial charge in [-0.2, -0.15) is 0 Å². The fourth-order valence-electron chi connectivity index (χ4n) is 2.27. The zero-order valence-electron chi connectivity index (χ0n) is 10.8. The van der Waals surface area contributed by atoms with Gasteiger partial charge in [-0.05, 0) is 35.9 Å². The van der Waals surface area contributed by atoms with E-state index in [4.69, 9.17) is 11.6 Å². The number of hydrogen-bond donors (Lipinski definition) is 0. The Morgan fingerprint density at radius 3 is 2.71 bits per heavy atom. The Morgan fingerprint density at radius 2 is 2.00 bits per heavy atom. The Hall–Kier alpha value is -1.85. The zero-order valence-corrected chi connectivity index (χ0v) is 13.1. The molecule has 3 rings (SSSR count). The topological polar surface area (TPSA) is 48.1 Å². The van der Waals surface area contributed by atoms with Gasteiger partial charge in [0.1, 0.15) is 0 Å². The predicted octanol–water partition coefficient (Wildman–Crippen LogP) is 5.01. The summed E-state index contributed by atoms with van der Waals surface area (Å²) in [5, 5.41) is 12.3. The second-order valence-electron chi connectivity index (χ2n) is 4.68. The van der Waals surface area contributed by atoms with Crippen molar-refractivity contribution >= 4 is 44.1 Å². The summed E-state index contributed by atoms with van der Waals surface area (Å²) in [6, 6.07) is 12.6. The third-order valence-electron chi connectivity index (χ3n) is 3.32. The van der Waals surface area contributed by atoms with E-state index in [1.165, 1.54) is 12.1 Å². The predicted molar refractivity (Wildman–Crippen MR) is 86.8 cm³/mol. The van der Waals surface area contributed by atoms with E-state index in [1.807, 2.05) is 30.5 Å². The van der Waals surface area contributed by atoms with E-state index in [1.54, 1.807) is 6.07 Å². The molecule has 1 aromatic heterocycles. The molecule has 0 saturated carbocycles. The van der Waals surface area contributed by atoms with Crippen LogP contribution in [-0.2, 0) is 6.54 Å². The van der Waals surface area contributed by atoms with Crippen molar-refractivity contribution in [3.63, 3.8) is 0 Å². The van der Waals surface area contributed by atoms with Crippen LogP contribution in [0.5, 0.6) is 0 Å². The number of fused-ring (bicyclic) bond motifs is 1. The molecule has 0 bridgehead atoms. The van der Waals surface area contributed by atoms with Gasteiger partial charge in [-0.3, -0.25) is 10.1 Å². The van der Waals surface area contributed by atoms with Gasteiger partial charge in [0.05, 0.1) is 9.95 Å². The molecule has 0 fully saturated rings. The highest BCUT2D eigenvalue weighted by Gasteiger charge is 2.10. The number of aromatic nitrogens is 1. The molecule has 3 aromatic rings. The smallest absolute Gasteiger partial charge is 0.270 e. The van der Waals surface area contributed by atoms with Gasteiger partial charge in [-0.25, -0.2) is 0 Å². The van der Waals surface area contributed by atoms with Gasteiger partial charge in [-0.1, -0.05) is 27.5 Å². The summed E-state index contributed by atoms with van der Waals surface area (Å²) in [4.78, 5) is 10.3. The van der Waals surface area contributed by atoms with Gasteiger partial charge in [-0.15, -0.1) is 0 Å². The Balaban J connectivity index is 1.97. The van der Waals surface area contributed by atoms with Crippen LogP contribution in [0.15, 0.2) is 53.1 Å². The Bertz CT molecular complexity index is 845. The summed E-state index contributed by atoms with van der Waals surface area (Å²) in [6.45, 7) is 0.571. The molecule has 0 spiro atoms. The van der Waals surface area contributed by atoms with E-state index in [-0.39, 0.29) is 5.69 Å². The minimum atomic E-state index is -0.446. The lowest BCUT2D eigenvalue weighted by molar-refractivity contribution is -0.384. The Morgan fingerprint density at radius 1 is 1.19 bits per heavy atom. The normalized spacial score (nSPS) is 11.0. The third-order valence-corrected chi connectivity index (χ3v) is 4.17. The molecule has 21 heavy (non-hydrogen) atoms. The van der Waals surface area contributed by atoms with Crippen molar-refractivity contribution in [3.05, 3.63) is 73.8 Å². The lowest BCUT2D eigenvalue weighted by Crippen LogP contribution is -1.99. The lowest BCUT2D eigenvalue weighted by atomic mass is 10.2. The molecular weight excluding hydrogens is 356 g/mol. The number of rotatable bonds is 3. The molecule has 0 unspecified atom stereocenters. The van der Waals surface area contributed by atoms with Crippen LogP contribution < -0.4 is 0 Å². The van der Waals surface area contributed by atoms with E-state index >= 15 is 0 Å². The van der Waals surface area contributed by atoms with Crippen LogP contribution in [0.3, 0.4) is 0 Å². The molecule has 0 aliphatic heterocycles. The van der Waals surface area contributed by atoms with Crippen molar-refractivity contribution < 1.29 is 4.92 Å². The standard InChI is InChI=1S/C15H10BrClN2O2/c16-12-2-4-15-10(7-12)5-6-18(15)9-11-1-3-13(19(20)21)8-14(11)17/h1-8H,9H2. The third kappa shape index (κ3) is 2.80. The number of non-ortho nitro benzene ring substituents is 1. The van der Waals surface area contributed by atoms with Crippen LogP contribution in [0.2, 0.25) is 5.02 Å². The zero-order chi connectivity index (χ0) is 15.0. The van der Waals surface area contributed by atoms with Crippen LogP contribution in [0.25, 0.3) is 10.9 Å². The van der Waals surface area contributed by atoms with E-state index in [0.717, 1.165) is 20.9 Å². The minimum absolute atomic E-state index is 0.00467. The highest BCUT2D eigenvalue weighted by molar-refractivity contribution is 9.10. The highest BCUT2D eigenvalue weighted by atomic mass is 79.9. The first-order valence-corrected chi connectivity index (χ1v) is 7.39. The lowest BCUT2D eigenvalue weighted by Gasteiger charge is -2.08. The van der Waals surface area contributed by atoms with Crippen LogP contribution in [0.1, 0.15) is 5.56 Å². The van der Waals surface area contributed by atoms with Crippen molar-refractivity contribution in [1.82, 2.24) is 4.57 Å². The van der Waals surface area contributed by atoms with Gasteiger partial charge < -0.3 is 4.57 Å². The van der Waals surface area contributed by atoms with E-state index in [2.05, 4.69) is 20.5 Å². The first-order chi connectivity index (χ1) is 10.0. The fraction of sp³-hybridized carbons (Fsp3) is 0.0667. The summed E-state index contributed by atoms with van der Waals surface area (Å²) in [5.41, 5.74) is 1.94. The first kappa shape index (κ1) is 14.1. The molecule has 0 amide bonds. The van der Waals surface area contributed by atoms with Gasteiger partial charge in [0, 0.05) is 40.2 Å². The van der Waals surface area contributed by atoms with E-state index in [9.17, 15) is 10.1 Å². The second kappa shape index (κ2) is 5.50. The summed E-state index contributed by atoms with van der Waals surface area (Å²) < 4.78 is 3.09. The van der Waals surface area contributed by atoms with E-state index < -0.39 is 4.92 Å². The molecule has 6 heteroatoms. The molecule has 0 aliphatic carbocycles. The van der Waals surface area contributed by atoms with Crippen LogP contribution in [0.4, 0.5) is 5.69 Å². The molecule has 0 saturated heterocycles. The summed E-state index contributed by atoms with van der Waals surface area (Å²) in [5.74, 6) is 0. The summed E-state index contributed by atoms with van der Waals surface area (Å²) in [6.07, 6.45) is 1.98. The molecule has 0 radical (unpaired) electrons. The fourth-order valence-corrected chi connectivity index (χ4v) is 2.88. The number of nitro benzene ring substituents is 1. The van der Waals surface area contributed by atoms with E-state index in [0.29, 0.717) is 11.6 Å². The number of hydrogen-bond acceptors (Lipinski definition) is 2.